The van der Waals surface area contributed by atoms with Gasteiger partial charge < -0.3 is 15.1 Å². The van der Waals surface area contributed by atoms with Gasteiger partial charge in [0.05, 0.1) is 23.2 Å². The molecule has 28 heavy (non-hydrogen) atoms. The van der Waals surface area contributed by atoms with E-state index in [2.05, 4.69) is 15.6 Å². The molecule has 0 unspecified atom stereocenters. The first-order valence-electron chi connectivity index (χ1n) is 8.50. The molecule has 3 heterocycles. The summed E-state index contributed by atoms with van der Waals surface area (Å²) < 4.78 is 18.7. The normalized spacial score (nSPS) is 11.9. The van der Waals surface area contributed by atoms with Gasteiger partial charge in [-0.1, -0.05) is 24.3 Å². The number of oxazole rings is 1. The maximum absolute atomic E-state index is 13.3. The molecule has 5 nitrogen and oxygen atoms in total. The molecule has 2 N–H and O–H groups in total. The second-order valence-electron chi connectivity index (χ2n) is 5.95. The van der Waals surface area contributed by atoms with Crippen LogP contribution in [0.15, 0.2) is 70.0 Å². The first-order valence-corrected chi connectivity index (χ1v) is 10.3. The average Bonchev–Trinajstić information content (AvgIpc) is 3.47. The standard InChI is InChI=1S/C20H16FN3O2S2/c21-14-7-5-13(6-8-14)18(16-3-1-9-27-16)24-20(25)22-11-15-12-26-19(23-15)17-4-2-10-28-17/h1-10,12,18H,11H2,(H2,22,24,25)/t18-/m0/s1. The fourth-order valence-corrected chi connectivity index (χ4v) is 4.14. The Morgan fingerprint density at radius 1 is 1.11 bits per heavy atom. The number of halogens is 1. The summed E-state index contributed by atoms with van der Waals surface area (Å²) >= 11 is 3.06. The topological polar surface area (TPSA) is 67.2 Å². The van der Waals surface area contributed by atoms with Gasteiger partial charge in [-0.25, -0.2) is 14.2 Å². The van der Waals surface area contributed by atoms with Crippen molar-refractivity contribution in [2.45, 2.75) is 12.6 Å². The van der Waals surface area contributed by atoms with E-state index < -0.39 is 0 Å². The summed E-state index contributed by atoms with van der Waals surface area (Å²) in [4.78, 5) is 18.7. The van der Waals surface area contributed by atoms with E-state index >= 15 is 0 Å². The van der Waals surface area contributed by atoms with Crippen molar-refractivity contribution in [3.63, 3.8) is 0 Å². The fraction of sp³-hybridized carbons (Fsp3) is 0.100. The Morgan fingerprint density at radius 2 is 1.89 bits per heavy atom. The van der Waals surface area contributed by atoms with E-state index in [1.165, 1.54) is 41.1 Å². The molecule has 0 saturated carbocycles. The third-order valence-electron chi connectivity index (χ3n) is 4.02. The number of amides is 2. The molecule has 1 aromatic carbocycles. The van der Waals surface area contributed by atoms with Gasteiger partial charge in [-0.2, -0.15) is 0 Å². The number of aromatic nitrogens is 1. The van der Waals surface area contributed by atoms with Gasteiger partial charge in [0.1, 0.15) is 12.1 Å². The van der Waals surface area contributed by atoms with Crippen molar-refractivity contribution in [3.05, 3.63) is 87.5 Å². The molecule has 0 aliphatic rings. The van der Waals surface area contributed by atoms with Crippen LogP contribution in [0.3, 0.4) is 0 Å². The van der Waals surface area contributed by atoms with Gasteiger partial charge in [0.2, 0.25) is 5.89 Å². The summed E-state index contributed by atoms with van der Waals surface area (Å²) in [6.45, 7) is 0.237. The van der Waals surface area contributed by atoms with Crippen LogP contribution < -0.4 is 10.6 Å². The van der Waals surface area contributed by atoms with Crippen molar-refractivity contribution in [1.82, 2.24) is 15.6 Å². The van der Waals surface area contributed by atoms with E-state index in [0.29, 0.717) is 11.6 Å². The van der Waals surface area contributed by atoms with Gasteiger partial charge in [0.15, 0.2) is 0 Å². The van der Waals surface area contributed by atoms with Gasteiger partial charge in [-0.05, 0) is 40.6 Å². The highest BCUT2D eigenvalue weighted by Crippen LogP contribution is 2.26. The monoisotopic (exact) mass is 413 g/mol. The third-order valence-corrected chi connectivity index (χ3v) is 5.82. The van der Waals surface area contributed by atoms with Crippen LogP contribution in [0.1, 0.15) is 22.2 Å². The SMILES string of the molecule is O=C(NCc1coc(-c2cccs2)n1)N[C@@H](c1ccc(F)cc1)c1cccs1. The zero-order valence-corrected chi connectivity index (χ0v) is 16.2. The quantitative estimate of drug-likeness (QED) is 0.457. The van der Waals surface area contributed by atoms with E-state index in [1.54, 1.807) is 12.1 Å². The molecule has 0 bridgehead atoms. The highest BCUT2D eigenvalue weighted by atomic mass is 32.1. The Bertz CT molecular complexity index is 1030. The molecule has 0 radical (unpaired) electrons. The third kappa shape index (κ3) is 4.29. The van der Waals surface area contributed by atoms with Crippen LogP contribution in [0, 0.1) is 5.82 Å². The second-order valence-corrected chi connectivity index (χ2v) is 7.88. The zero-order chi connectivity index (χ0) is 19.3. The van der Waals surface area contributed by atoms with Gasteiger partial charge in [0, 0.05) is 4.88 Å². The van der Waals surface area contributed by atoms with Crippen molar-refractivity contribution < 1.29 is 13.6 Å². The molecular formula is C20H16FN3O2S2. The summed E-state index contributed by atoms with van der Waals surface area (Å²) in [6, 6.07) is 13.1. The smallest absolute Gasteiger partial charge is 0.315 e. The first-order chi connectivity index (χ1) is 13.7. The second kappa shape index (κ2) is 8.37. The first kappa shape index (κ1) is 18.4. The van der Waals surface area contributed by atoms with E-state index in [1.807, 2.05) is 35.0 Å². The molecule has 8 heteroatoms. The Kier molecular flexibility index (Phi) is 5.50. The van der Waals surface area contributed by atoms with Crippen molar-refractivity contribution >= 4 is 28.7 Å². The predicted molar refractivity (Wildman–Crippen MR) is 108 cm³/mol. The molecule has 0 spiro atoms. The largest absolute Gasteiger partial charge is 0.443 e. The van der Waals surface area contributed by atoms with E-state index in [0.717, 1.165) is 15.3 Å². The molecule has 1 atom stereocenters. The maximum Gasteiger partial charge on any atom is 0.315 e. The Labute approximate surface area is 168 Å². The summed E-state index contributed by atoms with van der Waals surface area (Å²) in [6.07, 6.45) is 1.53. The van der Waals surface area contributed by atoms with E-state index in [4.69, 9.17) is 4.42 Å². The molecular weight excluding hydrogens is 397 g/mol. The minimum absolute atomic E-state index is 0.237. The van der Waals surface area contributed by atoms with Crippen molar-refractivity contribution in [3.8, 4) is 10.8 Å². The number of nitrogens with one attached hydrogen (secondary N) is 2. The van der Waals surface area contributed by atoms with Crippen molar-refractivity contribution in [2.75, 3.05) is 0 Å². The van der Waals surface area contributed by atoms with Crippen LogP contribution >= 0.6 is 22.7 Å². The van der Waals surface area contributed by atoms with Crippen LogP contribution in [0.2, 0.25) is 0 Å². The van der Waals surface area contributed by atoms with Crippen LogP contribution in [0.4, 0.5) is 9.18 Å². The number of hydrogen-bond acceptors (Lipinski definition) is 5. The molecule has 142 valence electrons. The number of urea groups is 1. The number of carbonyl (C=O) groups is 1. The molecule has 3 aromatic heterocycles. The van der Waals surface area contributed by atoms with E-state index in [9.17, 15) is 9.18 Å². The van der Waals surface area contributed by atoms with Gasteiger partial charge in [-0.15, -0.1) is 22.7 Å². The number of hydrogen-bond donors (Lipinski definition) is 2. The Morgan fingerprint density at radius 3 is 2.61 bits per heavy atom. The zero-order valence-electron chi connectivity index (χ0n) is 14.6. The van der Waals surface area contributed by atoms with Crippen LogP contribution in [0.25, 0.3) is 10.8 Å². The number of rotatable bonds is 6. The Balaban J connectivity index is 1.41. The highest BCUT2D eigenvalue weighted by molar-refractivity contribution is 7.13. The predicted octanol–water partition coefficient (Wildman–Crippen LogP) is 5.19. The minimum Gasteiger partial charge on any atom is -0.443 e. The highest BCUT2D eigenvalue weighted by Gasteiger charge is 2.18. The lowest BCUT2D eigenvalue weighted by atomic mass is 10.1. The van der Waals surface area contributed by atoms with Crippen LogP contribution in [0.5, 0.6) is 0 Å². The van der Waals surface area contributed by atoms with Crippen molar-refractivity contribution in [2.24, 2.45) is 0 Å². The molecule has 0 fully saturated rings. The lowest BCUT2D eigenvalue weighted by Gasteiger charge is -2.18. The minimum atomic E-state index is -0.361. The summed E-state index contributed by atoms with van der Waals surface area (Å²) in [7, 11) is 0. The molecule has 0 aliphatic carbocycles. The van der Waals surface area contributed by atoms with Gasteiger partial charge in [0.25, 0.3) is 0 Å². The molecule has 0 saturated heterocycles. The summed E-state index contributed by atoms with van der Waals surface area (Å²) in [5.41, 5.74) is 1.44. The number of benzene rings is 1. The number of thiophene rings is 2. The van der Waals surface area contributed by atoms with Gasteiger partial charge in [-0.3, -0.25) is 0 Å². The molecule has 2 amide bonds. The van der Waals surface area contributed by atoms with Crippen LogP contribution in [-0.2, 0) is 6.54 Å². The lowest BCUT2D eigenvalue weighted by Crippen LogP contribution is -2.37. The van der Waals surface area contributed by atoms with Gasteiger partial charge >= 0.3 is 6.03 Å². The lowest BCUT2D eigenvalue weighted by molar-refractivity contribution is 0.238. The maximum atomic E-state index is 13.3. The summed E-state index contributed by atoms with van der Waals surface area (Å²) in [5.74, 6) is 0.223. The number of carbonyl (C=O) groups excluding carboxylic acids is 1. The van der Waals surface area contributed by atoms with Crippen LogP contribution in [-0.4, -0.2) is 11.0 Å². The fourth-order valence-electron chi connectivity index (χ4n) is 2.68. The summed E-state index contributed by atoms with van der Waals surface area (Å²) in [5, 5.41) is 9.62. The number of nitrogens with zero attached hydrogens (tertiary/aromatic N) is 1. The van der Waals surface area contributed by atoms with Crippen molar-refractivity contribution in [1.29, 1.82) is 0 Å². The molecule has 4 aromatic rings. The Hall–Kier alpha value is -2.97. The van der Waals surface area contributed by atoms with E-state index in [-0.39, 0.29) is 24.4 Å². The molecule has 4 rings (SSSR count). The molecule has 0 aliphatic heterocycles. The average molecular weight is 413 g/mol.